The van der Waals surface area contributed by atoms with Crippen LogP contribution in [0.25, 0.3) is 0 Å². The van der Waals surface area contributed by atoms with Crippen LogP contribution in [0, 0.1) is 5.92 Å². The van der Waals surface area contributed by atoms with Gasteiger partial charge >= 0.3 is 5.97 Å². The van der Waals surface area contributed by atoms with E-state index in [1.54, 1.807) is 0 Å². The molecule has 0 heterocycles. The van der Waals surface area contributed by atoms with Crippen molar-refractivity contribution in [2.75, 3.05) is 0 Å². The van der Waals surface area contributed by atoms with Gasteiger partial charge in [0.1, 0.15) is 17.4 Å². The molecule has 0 aromatic heterocycles. The van der Waals surface area contributed by atoms with Crippen molar-refractivity contribution in [3.8, 4) is 11.5 Å². The van der Waals surface area contributed by atoms with E-state index in [1.165, 1.54) is 30.4 Å². The Morgan fingerprint density at radius 1 is 1.29 bits per heavy atom. The van der Waals surface area contributed by atoms with Crippen LogP contribution in [-0.4, -0.2) is 37.3 Å². The zero-order valence-electron chi connectivity index (χ0n) is 10.9. The zero-order valence-corrected chi connectivity index (χ0v) is 10.9. The van der Waals surface area contributed by atoms with Crippen molar-refractivity contribution in [2.45, 2.75) is 12.3 Å². The number of nitrogens with one attached hydrogen (secondary N) is 1. The number of allylic oxidation sites excluding steroid dienone is 1. The number of carboxylic acids is 1. The summed E-state index contributed by atoms with van der Waals surface area (Å²) >= 11 is 0. The van der Waals surface area contributed by atoms with Gasteiger partial charge in [-0.15, -0.1) is 0 Å². The summed E-state index contributed by atoms with van der Waals surface area (Å²) in [6.45, 7) is 0.132. The van der Waals surface area contributed by atoms with Crippen LogP contribution in [0.1, 0.15) is 5.56 Å². The summed E-state index contributed by atoms with van der Waals surface area (Å²) in [7, 11) is 0. The first-order chi connectivity index (χ1) is 9.79. The fraction of sp³-hybridized carbons (Fsp3) is 0.214. The number of aromatic hydroxyl groups is 2. The SMILES string of the molecule is O=C(O)C1C=C(NCc2cc(O)ccc2O)C=CC1(O)O. The maximum absolute atomic E-state index is 11.0. The van der Waals surface area contributed by atoms with Crippen LogP contribution in [0.15, 0.2) is 42.1 Å². The fourth-order valence-electron chi connectivity index (χ4n) is 1.96. The van der Waals surface area contributed by atoms with E-state index in [9.17, 15) is 25.2 Å². The second-order valence-corrected chi connectivity index (χ2v) is 4.72. The van der Waals surface area contributed by atoms with Crippen LogP contribution in [0.5, 0.6) is 11.5 Å². The number of aliphatic carboxylic acids is 1. The molecule has 0 spiro atoms. The average Bonchev–Trinajstić information content (AvgIpc) is 2.40. The van der Waals surface area contributed by atoms with Crippen LogP contribution in [0.2, 0.25) is 0 Å². The first-order valence-electron chi connectivity index (χ1n) is 6.13. The van der Waals surface area contributed by atoms with Crippen LogP contribution in [-0.2, 0) is 11.3 Å². The summed E-state index contributed by atoms with van der Waals surface area (Å²) in [6, 6.07) is 4.04. The van der Waals surface area contributed by atoms with Gasteiger partial charge in [0, 0.05) is 17.8 Å². The van der Waals surface area contributed by atoms with Crippen molar-refractivity contribution in [1.82, 2.24) is 5.32 Å². The highest BCUT2D eigenvalue weighted by Gasteiger charge is 2.38. The lowest BCUT2D eigenvalue weighted by atomic mass is 9.92. The Kier molecular flexibility index (Phi) is 3.88. The number of hydrogen-bond acceptors (Lipinski definition) is 6. The molecule has 7 heteroatoms. The van der Waals surface area contributed by atoms with Crippen LogP contribution in [0.3, 0.4) is 0 Å². The Labute approximate surface area is 120 Å². The highest BCUT2D eigenvalue weighted by atomic mass is 16.5. The third kappa shape index (κ3) is 3.33. The molecular weight excluding hydrogens is 278 g/mol. The number of phenolic OH excluding ortho intramolecular Hbond substituents is 2. The molecule has 1 aromatic carbocycles. The van der Waals surface area contributed by atoms with Crippen LogP contribution in [0.4, 0.5) is 0 Å². The van der Waals surface area contributed by atoms with Gasteiger partial charge in [0.2, 0.25) is 0 Å². The molecule has 0 radical (unpaired) electrons. The summed E-state index contributed by atoms with van der Waals surface area (Å²) < 4.78 is 0. The molecule has 6 N–H and O–H groups in total. The van der Waals surface area contributed by atoms with Gasteiger partial charge in [0.05, 0.1) is 0 Å². The minimum Gasteiger partial charge on any atom is -0.508 e. The number of phenols is 2. The molecule has 1 aromatic rings. The second kappa shape index (κ2) is 5.47. The van der Waals surface area contributed by atoms with Crippen molar-refractivity contribution in [3.63, 3.8) is 0 Å². The van der Waals surface area contributed by atoms with E-state index in [4.69, 9.17) is 5.11 Å². The Balaban J connectivity index is 2.12. The van der Waals surface area contributed by atoms with Crippen molar-refractivity contribution >= 4 is 5.97 Å². The van der Waals surface area contributed by atoms with E-state index < -0.39 is 17.7 Å². The van der Waals surface area contributed by atoms with Gasteiger partial charge in [-0.3, -0.25) is 4.79 Å². The summed E-state index contributed by atoms with van der Waals surface area (Å²) in [4.78, 5) is 11.0. The Morgan fingerprint density at radius 2 is 2.00 bits per heavy atom. The minimum atomic E-state index is -2.44. The monoisotopic (exact) mass is 293 g/mol. The molecule has 0 amide bonds. The summed E-state index contributed by atoms with van der Waals surface area (Å²) in [5, 5.41) is 49.8. The summed E-state index contributed by atoms with van der Waals surface area (Å²) in [5.74, 6) is -5.34. The standard InChI is InChI=1S/C14H15NO6/c16-10-1-2-12(17)8(5-10)7-15-9-3-4-14(20,21)11(6-9)13(18)19/h1-6,11,15-17,20-21H,7H2,(H,18,19). The van der Waals surface area contributed by atoms with E-state index in [1.807, 2.05) is 0 Å². The van der Waals surface area contributed by atoms with Crippen molar-refractivity contribution < 1.29 is 30.3 Å². The molecule has 1 aliphatic carbocycles. The van der Waals surface area contributed by atoms with Gasteiger partial charge in [0.25, 0.3) is 0 Å². The maximum atomic E-state index is 11.0. The predicted molar refractivity (Wildman–Crippen MR) is 72.1 cm³/mol. The molecule has 0 fully saturated rings. The molecule has 0 bridgehead atoms. The van der Waals surface area contributed by atoms with Crippen LogP contribution < -0.4 is 5.32 Å². The highest BCUT2D eigenvalue weighted by Crippen LogP contribution is 2.26. The number of rotatable bonds is 4. The molecule has 1 atom stereocenters. The molecule has 1 unspecified atom stereocenters. The van der Waals surface area contributed by atoms with Gasteiger partial charge in [-0.05, 0) is 36.4 Å². The topological polar surface area (TPSA) is 130 Å². The molecule has 1 aliphatic rings. The van der Waals surface area contributed by atoms with E-state index >= 15 is 0 Å². The molecule has 7 nitrogen and oxygen atoms in total. The van der Waals surface area contributed by atoms with E-state index in [-0.39, 0.29) is 18.0 Å². The van der Waals surface area contributed by atoms with Gasteiger partial charge < -0.3 is 30.8 Å². The lowest BCUT2D eigenvalue weighted by Crippen LogP contribution is -2.41. The number of benzene rings is 1. The molecule has 0 saturated carbocycles. The Bertz CT molecular complexity index is 620. The molecule has 2 rings (SSSR count). The number of aliphatic hydroxyl groups is 2. The molecule has 0 saturated heterocycles. The number of carboxylic acid groups (broad SMARTS) is 1. The van der Waals surface area contributed by atoms with E-state index in [0.29, 0.717) is 11.3 Å². The summed E-state index contributed by atoms with van der Waals surface area (Å²) in [6.07, 6.45) is 3.47. The molecule has 21 heavy (non-hydrogen) atoms. The van der Waals surface area contributed by atoms with Crippen molar-refractivity contribution in [3.05, 3.63) is 47.7 Å². The van der Waals surface area contributed by atoms with Gasteiger partial charge in [-0.1, -0.05) is 0 Å². The van der Waals surface area contributed by atoms with Gasteiger partial charge in [0.15, 0.2) is 5.79 Å². The lowest BCUT2D eigenvalue weighted by Gasteiger charge is -2.27. The van der Waals surface area contributed by atoms with Crippen LogP contribution >= 0.6 is 0 Å². The highest BCUT2D eigenvalue weighted by molar-refractivity contribution is 5.74. The second-order valence-electron chi connectivity index (χ2n) is 4.72. The third-order valence-electron chi connectivity index (χ3n) is 3.12. The minimum absolute atomic E-state index is 0.00842. The van der Waals surface area contributed by atoms with Gasteiger partial charge in [-0.2, -0.15) is 0 Å². The van der Waals surface area contributed by atoms with Crippen molar-refractivity contribution in [1.29, 1.82) is 0 Å². The zero-order chi connectivity index (χ0) is 15.6. The third-order valence-corrected chi connectivity index (χ3v) is 3.12. The predicted octanol–water partition coefficient (Wildman–Crippen LogP) is 0.0228. The maximum Gasteiger partial charge on any atom is 0.316 e. The van der Waals surface area contributed by atoms with E-state index in [0.717, 1.165) is 6.08 Å². The smallest absolute Gasteiger partial charge is 0.316 e. The Hall–Kier alpha value is -2.51. The largest absolute Gasteiger partial charge is 0.508 e. The van der Waals surface area contributed by atoms with E-state index in [2.05, 4.69) is 5.32 Å². The number of carbonyl (C=O) groups is 1. The normalized spacial score (nSPS) is 19.9. The van der Waals surface area contributed by atoms with Gasteiger partial charge in [-0.25, -0.2) is 0 Å². The molecule has 112 valence electrons. The molecule has 0 aliphatic heterocycles. The average molecular weight is 293 g/mol. The molecular formula is C14H15NO6. The fourth-order valence-corrected chi connectivity index (χ4v) is 1.96. The first-order valence-corrected chi connectivity index (χ1v) is 6.13. The first kappa shape index (κ1) is 14.9. The van der Waals surface area contributed by atoms with Crippen molar-refractivity contribution in [2.24, 2.45) is 5.92 Å². The lowest BCUT2D eigenvalue weighted by molar-refractivity contribution is -0.176. The number of hydrogen-bond donors (Lipinski definition) is 6. The Morgan fingerprint density at radius 3 is 2.67 bits per heavy atom. The quantitative estimate of drug-likeness (QED) is 0.341. The summed E-state index contributed by atoms with van der Waals surface area (Å²) in [5.41, 5.74) is 0.782.